The van der Waals surface area contributed by atoms with Crippen molar-refractivity contribution < 1.29 is 23.4 Å². The number of anilines is 1. The molecule has 1 unspecified atom stereocenters. The molecule has 0 bridgehead atoms. The molecule has 1 heterocycles. The first kappa shape index (κ1) is 13.7. The van der Waals surface area contributed by atoms with Crippen LogP contribution in [0.15, 0.2) is 12.1 Å². The standard InChI is InChI=1S/C13H15F2NO3/c1-2-8-7-16(5-6-19-8)10-4-3-9(13(17)18)11(14)12(10)15/h3-4,8H,2,5-7H2,1H3,(H,17,18). The Morgan fingerprint density at radius 3 is 2.84 bits per heavy atom. The minimum atomic E-state index is -1.48. The van der Waals surface area contributed by atoms with E-state index in [0.29, 0.717) is 19.7 Å². The van der Waals surface area contributed by atoms with Crippen LogP contribution in [0.4, 0.5) is 14.5 Å². The highest BCUT2D eigenvalue weighted by atomic mass is 19.2. The quantitative estimate of drug-likeness (QED) is 0.916. The average Bonchev–Trinajstić information content (AvgIpc) is 2.41. The van der Waals surface area contributed by atoms with Gasteiger partial charge in [-0.2, -0.15) is 0 Å². The van der Waals surface area contributed by atoms with E-state index in [1.807, 2.05) is 6.92 Å². The first-order valence-corrected chi connectivity index (χ1v) is 6.12. The van der Waals surface area contributed by atoms with E-state index < -0.39 is 23.2 Å². The number of benzene rings is 1. The largest absolute Gasteiger partial charge is 0.478 e. The van der Waals surface area contributed by atoms with Gasteiger partial charge >= 0.3 is 5.97 Å². The Hall–Kier alpha value is -1.69. The van der Waals surface area contributed by atoms with Crippen LogP contribution in [0.5, 0.6) is 0 Å². The van der Waals surface area contributed by atoms with E-state index in [-0.39, 0.29) is 11.8 Å². The summed E-state index contributed by atoms with van der Waals surface area (Å²) in [6.07, 6.45) is 0.767. The average molecular weight is 271 g/mol. The van der Waals surface area contributed by atoms with Gasteiger partial charge in [-0.1, -0.05) is 6.92 Å². The van der Waals surface area contributed by atoms with Gasteiger partial charge in [0.05, 0.1) is 24.0 Å². The molecule has 2 rings (SSSR count). The minimum absolute atomic E-state index is 0.0182. The van der Waals surface area contributed by atoms with Gasteiger partial charge in [0.25, 0.3) is 0 Å². The van der Waals surface area contributed by atoms with Crippen LogP contribution < -0.4 is 4.90 Å². The second kappa shape index (κ2) is 5.52. The zero-order valence-corrected chi connectivity index (χ0v) is 10.5. The highest BCUT2D eigenvalue weighted by Crippen LogP contribution is 2.26. The Labute approximate surface area is 109 Å². The molecule has 104 valence electrons. The van der Waals surface area contributed by atoms with Gasteiger partial charge in [0.2, 0.25) is 0 Å². The SMILES string of the molecule is CCC1CN(c2ccc(C(=O)O)c(F)c2F)CCO1. The van der Waals surface area contributed by atoms with Gasteiger partial charge < -0.3 is 14.7 Å². The van der Waals surface area contributed by atoms with E-state index in [9.17, 15) is 13.6 Å². The molecule has 0 amide bonds. The Kier molecular flexibility index (Phi) is 3.99. The fraction of sp³-hybridized carbons (Fsp3) is 0.462. The molecule has 0 radical (unpaired) electrons. The monoisotopic (exact) mass is 271 g/mol. The third-order valence-corrected chi connectivity index (χ3v) is 3.23. The highest BCUT2D eigenvalue weighted by molar-refractivity contribution is 5.88. The number of hydrogen-bond donors (Lipinski definition) is 1. The van der Waals surface area contributed by atoms with Crippen molar-refractivity contribution in [2.45, 2.75) is 19.4 Å². The maximum atomic E-state index is 13.9. The van der Waals surface area contributed by atoms with Gasteiger partial charge in [0.1, 0.15) is 0 Å². The lowest BCUT2D eigenvalue weighted by molar-refractivity contribution is 0.0381. The second-order valence-corrected chi connectivity index (χ2v) is 4.41. The Balaban J connectivity index is 2.30. The van der Waals surface area contributed by atoms with Crippen molar-refractivity contribution >= 4 is 11.7 Å². The van der Waals surface area contributed by atoms with Crippen LogP contribution in [0, 0.1) is 11.6 Å². The zero-order valence-electron chi connectivity index (χ0n) is 10.5. The molecular formula is C13H15F2NO3. The van der Waals surface area contributed by atoms with Crippen LogP contribution in [0.25, 0.3) is 0 Å². The first-order valence-electron chi connectivity index (χ1n) is 6.12. The minimum Gasteiger partial charge on any atom is -0.478 e. The summed E-state index contributed by atoms with van der Waals surface area (Å²) < 4.78 is 33.0. The highest BCUT2D eigenvalue weighted by Gasteiger charge is 2.25. The van der Waals surface area contributed by atoms with Crippen LogP contribution in [0.3, 0.4) is 0 Å². The van der Waals surface area contributed by atoms with Gasteiger partial charge in [-0.25, -0.2) is 13.6 Å². The molecule has 19 heavy (non-hydrogen) atoms. The number of ether oxygens (including phenoxy) is 1. The third kappa shape index (κ3) is 2.68. The summed E-state index contributed by atoms with van der Waals surface area (Å²) in [4.78, 5) is 12.4. The van der Waals surface area contributed by atoms with Crippen molar-refractivity contribution in [2.75, 3.05) is 24.6 Å². The maximum absolute atomic E-state index is 13.9. The van der Waals surface area contributed by atoms with E-state index in [1.165, 1.54) is 6.07 Å². The molecule has 4 nitrogen and oxygen atoms in total. The second-order valence-electron chi connectivity index (χ2n) is 4.41. The van der Waals surface area contributed by atoms with Crippen molar-refractivity contribution in [1.29, 1.82) is 0 Å². The summed E-state index contributed by atoms with van der Waals surface area (Å²) in [5.74, 6) is -3.91. The summed E-state index contributed by atoms with van der Waals surface area (Å²) in [6.45, 7) is 3.33. The molecule has 1 aliphatic heterocycles. The van der Waals surface area contributed by atoms with Crippen molar-refractivity contribution in [1.82, 2.24) is 0 Å². The third-order valence-electron chi connectivity index (χ3n) is 3.23. The van der Waals surface area contributed by atoms with Crippen molar-refractivity contribution in [3.8, 4) is 0 Å². The smallest absolute Gasteiger partial charge is 0.338 e. The van der Waals surface area contributed by atoms with Crippen LogP contribution in [-0.2, 0) is 4.74 Å². The Morgan fingerprint density at radius 2 is 2.21 bits per heavy atom. The molecule has 0 spiro atoms. The normalized spacial score (nSPS) is 19.5. The summed E-state index contributed by atoms with van der Waals surface area (Å²) in [5.41, 5.74) is -0.564. The fourth-order valence-electron chi connectivity index (χ4n) is 2.13. The van der Waals surface area contributed by atoms with Gasteiger partial charge in [-0.05, 0) is 18.6 Å². The van der Waals surface area contributed by atoms with Crippen molar-refractivity contribution in [3.05, 3.63) is 29.3 Å². The molecular weight excluding hydrogens is 256 g/mol. The number of nitrogens with zero attached hydrogens (tertiary/aromatic N) is 1. The van der Waals surface area contributed by atoms with Crippen LogP contribution in [0.1, 0.15) is 23.7 Å². The summed E-state index contributed by atoms with van der Waals surface area (Å²) in [7, 11) is 0. The van der Waals surface area contributed by atoms with Crippen molar-refractivity contribution in [3.63, 3.8) is 0 Å². The summed E-state index contributed by atoms with van der Waals surface area (Å²) in [6, 6.07) is 2.40. The molecule has 1 atom stereocenters. The predicted molar refractivity (Wildman–Crippen MR) is 65.6 cm³/mol. The Morgan fingerprint density at radius 1 is 1.47 bits per heavy atom. The van der Waals surface area contributed by atoms with E-state index in [4.69, 9.17) is 9.84 Å². The maximum Gasteiger partial charge on any atom is 0.338 e. The fourth-order valence-corrected chi connectivity index (χ4v) is 2.13. The number of carboxylic acid groups (broad SMARTS) is 1. The lowest BCUT2D eigenvalue weighted by Crippen LogP contribution is -2.42. The molecule has 6 heteroatoms. The molecule has 1 saturated heterocycles. The molecule has 0 aliphatic carbocycles. The molecule has 1 fully saturated rings. The molecule has 1 N–H and O–H groups in total. The molecule has 1 aromatic carbocycles. The number of morpholine rings is 1. The molecule has 0 saturated carbocycles. The summed E-state index contributed by atoms with van der Waals surface area (Å²) in [5, 5.41) is 8.73. The van der Waals surface area contributed by atoms with Crippen molar-refractivity contribution in [2.24, 2.45) is 0 Å². The topological polar surface area (TPSA) is 49.8 Å². The summed E-state index contributed by atoms with van der Waals surface area (Å²) >= 11 is 0. The van der Waals surface area contributed by atoms with E-state index in [2.05, 4.69) is 0 Å². The number of hydrogen-bond acceptors (Lipinski definition) is 3. The van der Waals surface area contributed by atoms with Gasteiger partial charge in [0.15, 0.2) is 11.6 Å². The van der Waals surface area contributed by atoms with E-state index >= 15 is 0 Å². The lowest BCUT2D eigenvalue weighted by Gasteiger charge is -2.34. The zero-order chi connectivity index (χ0) is 14.0. The first-order chi connectivity index (χ1) is 9.04. The van der Waals surface area contributed by atoms with Crippen LogP contribution >= 0.6 is 0 Å². The van der Waals surface area contributed by atoms with Gasteiger partial charge in [-0.3, -0.25) is 0 Å². The van der Waals surface area contributed by atoms with Gasteiger partial charge in [0, 0.05) is 13.1 Å². The predicted octanol–water partition coefficient (Wildman–Crippen LogP) is 2.28. The van der Waals surface area contributed by atoms with Gasteiger partial charge in [-0.15, -0.1) is 0 Å². The number of carbonyl (C=O) groups is 1. The molecule has 1 aliphatic rings. The Bertz CT molecular complexity index is 493. The number of halogens is 2. The lowest BCUT2D eigenvalue weighted by atomic mass is 10.1. The van der Waals surface area contributed by atoms with E-state index in [0.717, 1.165) is 12.5 Å². The molecule has 1 aromatic rings. The van der Waals surface area contributed by atoms with Crippen LogP contribution in [-0.4, -0.2) is 36.9 Å². The number of rotatable bonds is 3. The molecule has 0 aromatic heterocycles. The number of carboxylic acids is 1. The van der Waals surface area contributed by atoms with Crippen LogP contribution in [0.2, 0.25) is 0 Å². The van der Waals surface area contributed by atoms with E-state index in [1.54, 1.807) is 4.90 Å². The number of aromatic carboxylic acids is 1.